The molecular weight excluding hydrogens is 332 g/mol. The maximum atomic E-state index is 10.8. The highest BCUT2D eigenvalue weighted by atomic mass is 16.4. The lowest BCUT2D eigenvalue weighted by Crippen LogP contribution is -2.34. The molecule has 1 N–H and O–H groups in total. The van der Waals surface area contributed by atoms with Gasteiger partial charge in [0.25, 0.3) is 0 Å². The minimum atomic E-state index is -0.889. The van der Waals surface area contributed by atoms with Crippen molar-refractivity contribution in [1.29, 1.82) is 0 Å². The third-order valence-electron chi connectivity index (χ3n) is 7.41. The fourth-order valence-electron chi connectivity index (χ4n) is 4.86. The maximum Gasteiger partial charge on any atom is 0.328 e. The second kappa shape index (κ2) is 6.09. The Hall–Kier alpha value is -1.83. The Kier molecular flexibility index (Phi) is 4.49. The van der Waals surface area contributed by atoms with Crippen LogP contribution in [0.5, 0.6) is 0 Å². The highest BCUT2D eigenvalue weighted by Gasteiger charge is 2.60. The molecule has 1 aromatic rings. The van der Waals surface area contributed by atoms with Gasteiger partial charge in [0.1, 0.15) is 0 Å². The molecule has 2 heteroatoms. The van der Waals surface area contributed by atoms with Gasteiger partial charge in [0, 0.05) is 11.5 Å². The number of aliphatic carboxylic acids is 1. The van der Waals surface area contributed by atoms with E-state index >= 15 is 0 Å². The zero-order valence-electron chi connectivity index (χ0n) is 17.9. The van der Waals surface area contributed by atoms with Gasteiger partial charge in [0.2, 0.25) is 0 Å². The van der Waals surface area contributed by atoms with E-state index < -0.39 is 5.97 Å². The van der Waals surface area contributed by atoms with Gasteiger partial charge in [0.15, 0.2) is 0 Å². The van der Waals surface area contributed by atoms with Crippen molar-refractivity contribution < 1.29 is 9.90 Å². The monoisotopic (exact) mass is 366 g/mol. The van der Waals surface area contributed by atoms with Gasteiger partial charge < -0.3 is 5.11 Å². The topological polar surface area (TPSA) is 37.3 Å². The predicted molar refractivity (Wildman–Crippen MR) is 112 cm³/mol. The van der Waals surface area contributed by atoms with Crippen LogP contribution in [0.15, 0.2) is 42.0 Å². The largest absolute Gasteiger partial charge is 0.478 e. The van der Waals surface area contributed by atoms with Crippen LogP contribution in [0, 0.1) is 5.41 Å². The molecule has 0 spiro atoms. The molecule has 2 nitrogen and oxygen atoms in total. The molecule has 3 rings (SSSR count). The summed E-state index contributed by atoms with van der Waals surface area (Å²) in [5.41, 5.74) is 5.87. The summed E-state index contributed by atoms with van der Waals surface area (Å²) in [6.45, 7) is 16.0. The van der Waals surface area contributed by atoms with Crippen molar-refractivity contribution in [2.45, 2.75) is 84.0 Å². The first kappa shape index (κ1) is 19.9. The van der Waals surface area contributed by atoms with Gasteiger partial charge in [-0.15, -0.1) is 0 Å². The van der Waals surface area contributed by atoms with Crippen LogP contribution in [-0.2, 0) is 21.0 Å². The number of benzene rings is 1. The molecule has 1 fully saturated rings. The Labute approximate surface area is 164 Å². The van der Waals surface area contributed by atoms with Crippen LogP contribution in [0.1, 0.15) is 84.4 Å². The lowest BCUT2D eigenvalue weighted by molar-refractivity contribution is -0.131. The van der Waals surface area contributed by atoms with Gasteiger partial charge in [0.05, 0.1) is 0 Å². The summed E-state index contributed by atoms with van der Waals surface area (Å²) in [6.07, 6.45) is 8.99. The van der Waals surface area contributed by atoms with Crippen LogP contribution in [0.4, 0.5) is 0 Å². The van der Waals surface area contributed by atoms with Crippen LogP contribution in [0.25, 0.3) is 0 Å². The Balaban J connectivity index is 1.94. The molecule has 0 aliphatic heterocycles. The fraction of sp³-hybridized carbons (Fsp3) is 0.560. The standard InChI is InChI=1S/C25H34O2/c1-17(14-21(26)27)10-11-24(6)16-25(24,7)18-8-9-19-20(15-18)23(4,5)13-12-22(19,2)3/h8-11,14-15H,12-13,16H2,1-7H3,(H,26,27)/b11-10+,17-14+/t24-,25-/m1/s1. The molecule has 0 heterocycles. The zero-order chi connectivity index (χ0) is 20.3. The van der Waals surface area contributed by atoms with E-state index in [-0.39, 0.29) is 21.7 Å². The van der Waals surface area contributed by atoms with E-state index in [2.05, 4.69) is 65.8 Å². The average Bonchev–Trinajstić information content (AvgIpc) is 3.13. The van der Waals surface area contributed by atoms with E-state index in [1.54, 1.807) is 0 Å². The Morgan fingerprint density at radius 1 is 1.00 bits per heavy atom. The van der Waals surface area contributed by atoms with Gasteiger partial charge in [-0.25, -0.2) is 4.79 Å². The van der Waals surface area contributed by atoms with E-state index in [0.717, 1.165) is 12.0 Å². The predicted octanol–water partition coefficient (Wildman–Crippen LogP) is 6.29. The van der Waals surface area contributed by atoms with Gasteiger partial charge >= 0.3 is 5.97 Å². The minimum Gasteiger partial charge on any atom is -0.478 e. The fourth-order valence-corrected chi connectivity index (χ4v) is 4.86. The number of hydrogen-bond acceptors (Lipinski definition) is 1. The number of hydrogen-bond donors (Lipinski definition) is 1. The second-order valence-corrected chi connectivity index (χ2v) is 10.5. The molecule has 27 heavy (non-hydrogen) atoms. The first-order valence-electron chi connectivity index (χ1n) is 10.1. The Morgan fingerprint density at radius 3 is 2.19 bits per heavy atom. The van der Waals surface area contributed by atoms with Crippen LogP contribution in [-0.4, -0.2) is 11.1 Å². The molecule has 0 bridgehead atoms. The number of allylic oxidation sites excluding steroid dienone is 3. The molecule has 146 valence electrons. The molecule has 2 aliphatic rings. The van der Waals surface area contributed by atoms with E-state index in [9.17, 15) is 4.79 Å². The van der Waals surface area contributed by atoms with Crippen molar-refractivity contribution in [2.75, 3.05) is 0 Å². The Bertz CT molecular complexity index is 840. The molecule has 0 aromatic heterocycles. The van der Waals surface area contributed by atoms with Crippen LogP contribution in [0.3, 0.4) is 0 Å². The van der Waals surface area contributed by atoms with E-state index in [1.807, 2.05) is 13.0 Å². The normalized spacial score (nSPS) is 31.6. The van der Waals surface area contributed by atoms with Crippen molar-refractivity contribution in [3.63, 3.8) is 0 Å². The van der Waals surface area contributed by atoms with Gasteiger partial charge in [-0.2, -0.15) is 0 Å². The first-order chi connectivity index (χ1) is 12.3. The third kappa shape index (κ3) is 3.39. The molecule has 2 aliphatic carbocycles. The smallest absolute Gasteiger partial charge is 0.328 e. The lowest BCUT2D eigenvalue weighted by atomic mass is 9.62. The first-order valence-corrected chi connectivity index (χ1v) is 10.1. The minimum absolute atomic E-state index is 0.0726. The number of fused-ring (bicyclic) bond motifs is 1. The molecule has 1 aromatic carbocycles. The molecular formula is C25H34O2. The number of carbonyl (C=O) groups is 1. The Morgan fingerprint density at radius 2 is 1.59 bits per heavy atom. The van der Waals surface area contributed by atoms with Crippen molar-refractivity contribution >= 4 is 5.97 Å². The molecule has 0 unspecified atom stereocenters. The molecule has 2 atom stereocenters. The molecule has 1 saturated carbocycles. The summed E-state index contributed by atoms with van der Waals surface area (Å²) in [5.74, 6) is -0.889. The number of carboxylic acids is 1. The van der Waals surface area contributed by atoms with Gasteiger partial charge in [-0.3, -0.25) is 0 Å². The van der Waals surface area contributed by atoms with Crippen molar-refractivity contribution in [3.8, 4) is 0 Å². The summed E-state index contributed by atoms with van der Waals surface area (Å²) in [4.78, 5) is 10.8. The summed E-state index contributed by atoms with van der Waals surface area (Å²) in [7, 11) is 0. The van der Waals surface area contributed by atoms with Gasteiger partial charge in [-0.1, -0.05) is 71.9 Å². The summed E-state index contributed by atoms with van der Waals surface area (Å²) in [5, 5.41) is 8.90. The average molecular weight is 367 g/mol. The quantitative estimate of drug-likeness (QED) is 0.502. The zero-order valence-corrected chi connectivity index (χ0v) is 17.9. The summed E-state index contributed by atoms with van der Waals surface area (Å²) < 4.78 is 0. The van der Waals surface area contributed by atoms with E-state index in [4.69, 9.17) is 5.11 Å². The highest BCUT2D eigenvalue weighted by Crippen LogP contribution is 2.65. The van der Waals surface area contributed by atoms with Crippen molar-refractivity contribution in [2.24, 2.45) is 5.41 Å². The highest BCUT2D eigenvalue weighted by molar-refractivity contribution is 5.81. The van der Waals surface area contributed by atoms with Crippen molar-refractivity contribution in [1.82, 2.24) is 0 Å². The summed E-state index contributed by atoms with van der Waals surface area (Å²) >= 11 is 0. The number of rotatable bonds is 4. The lowest BCUT2D eigenvalue weighted by Gasteiger charge is -2.42. The SMILES string of the molecule is CC(/C=C/[C@]1(C)C[C@]1(C)c1ccc2c(c1)C(C)(C)CCC2(C)C)=C\C(=O)O. The van der Waals surface area contributed by atoms with E-state index in [0.29, 0.717) is 0 Å². The molecule has 0 radical (unpaired) electrons. The van der Waals surface area contributed by atoms with E-state index in [1.165, 1.54) is 35.6 Å². The van der Waals surface area contributed by atoms with Crippen LogP contribution >= 0.6 is 0 Å². The maximum absolute atomic E-state index is 10.8. The third-order valence-corrected chi connectivity index (χ3v) is 7.41. The van der Waals surface area contributed by atoms with Crippen LogP contribution < -0.4 is 0 Å². The second-order valence-electron chi connectivity index (χ2n) is 10.5. The summed E-state index contributed by atoms with van der Waals surface area (Å²) in [6, 6.07) is 7.17. The van der Waals surface area contributed by atoms with Crippen molar-refractivity contribution in [3.05, 3.63) is 58.7 Å². The van der Waals surface area contributed by atoms with Crippen LogP contribution in [0.2, 0.25) is 0 Å². The molecule has 0 saturated heterocycles. The molecule has 0 amide bonds. The number of carboxylic acid groups (broad SMARTS) is 1. The van der Waals surface area contributed by atoms with Gasteiger partial charge in [-0.05, 0) is 64.7 Å².